The number of amides is 1. The minimum Gasteiger partial charge on any atom is -0.383 e. The lowest BCUT2D eigenvalue weighted by molar-refractivity contribution is -0.184. The van der Waals surface area contributed by atoms with Crippen LogP contribution in [-0.2, 0) is 4.79 Å². The number of hydrogen-bond donors (Lipinski definition) is 1. The van der Waals surface area contributed by atoms with Crippen molar-refractivity contribution in [2.24, 2.45) is 0 Å². The van der Waals surface area contributed by atoms with Gasteiger partial charge in [0, 0.05) is 19.3 Å². The maximum atomic E-state index is 14.3. The van der Waals surface area contributed by atoms with Crippen molar-refractivity contribution < 1.29 is 26.7 Å². The van der Waals surface area contributed by atoms with Crippen molar-refractivity contribution in [1.29, 1.82) is 0 Å². The molecule has 1 aromatic carbocycles. The van der Waals surface area contributed by atoms with Gasteiger partial charge in [0.25, 0.3) is 0 Å². The topological polar surface area (TPSA) is 103 Å². The number of nitrogens with zero attached hydrogens (tertiary/aromatic N) is 6. The van der Waals surface area contributed by atoms with E-state index in [1.807, 2.05) is 0 Å². The van der Waals surface area contributed by atoms with Gasteiger partial charge in [-0.15, -0.1) is 5.10 Å². The lowest BCUT2D eigenvalue weighted by Crippen LogP contribution is -2.41. The number of pyridine rings is 1. The van der Waals surface area contributed by atoms with E-state index >= 15 is 0 Å². The number of nitrogen functional groups attached to an aromatic ring is 1. The van der Waals surface area contributed by atoms with Crippen molar-refractivity contribution in [3.05, 3.63) is 53.7 Å². The average molecular weight is 465 g/mol. The SMILES string of the molecule is Nc1ncc(C2=CCN(C(=O)C(F)(F)F)CCC2)cc1-c1nnnn1-c1cccc(F)c1F. The molecule has 2 N–H and O–H groups in total. The first-order valence-electron chi connectivity index (χ1n) is 9.71. The van der Waals surface area contributed by atoms with Crippen LogP contribution in [-0.4, -0.2) is 55.3 Å². The third-order valence-electron chi connectivity index (χ3n) is 5.12. The minimum atomic E-state index is -4.95. The minimum absolute atomic E-state index is 0.00514. The Hall–Kier alpha value is -3.90. The zero-order valence-electron chi connectivity index (χ0n) is 16.9. The van der Waals surface area contributed by atoms with Crippen molar-refractivity contribution in [3.8, 4) is 17.1 Å². The molecule has 2 aromatic heterocycles. The largest absolute Gasteiger partial charge is 0.471 e. The van der Waals surface area contributed by atoms with E-state index in [1.54, 1.807) is 6.07 Å². The summed E-state index contributed by atoms with van der Waals surface area (Å²) in [7, 11) is 0. The number of aromatic nitrogens is 5. The molecule has 0 aliphatic carbocycles. The number of allylic oxidation sites excluding steroid dienone is 1. The molecule has 0 spiro atoms. The van der Waals surface area contributed by atoms with Crippen molar-refractivity contribution in [1.82, 2.24) is 30.1 Å². The summed E-state index contributed by atoms with van der Waals surface area (Å²) in [4.78, 5) is 16.4. The van der Waals surface area contributed by atoms with Gasteiger partial charge in [-0.1, -0.05) is 12.1 Å². The molecule has 0 saturated heterocycles. The van der Waals surface area contributed by atoms with Gasteiger partial charge >= 0.3 is 12.1 Å². The number of carbonyl (C=O) groups excluding carboxylic acids is 1. The third-order valence-corrected chi connectivity index (χ3v) is 5.12. The molecule has 3 aromatic rings. The summed E-state index contributed by atoms with van der Waals surface area (Å²) in [6, 6.07) is 5.09. The summed E-state index contributed by atoms with van der Waals surface area (Å²) >= 11 is 0. The van der Waals surface area contributed by atoms with E-state index in [0.29, 0.717) is 24.0 Å². The van der Waals surface area contributed by atoms with Crippen LogP contribution in [0.1, 0.15) is 18.4 Å². The molecule has 1 aliphatic heterocycles. The number of nitrogens with two attached hydrogens (primary N) is 1. The third kappa shape index (κ3) is 4.38. The van der Waals surface area contributed by atoms with Gasteiger partial charge in [-0.2, -0.15) is 17.9 Å². The molecular weight excluding hydrogens is 449 g/mol. The average Bonchev–Trinajstić information content (AvgIpc) is 3.12. The Labute approximate surface area is 183 Å². The van der Waals surface area contributed by atoms with Crippen molar-refractivity contribution in [2.45, 2.75) is 19.0 Å². The first-order valence-corrected chi connectivity index (χ1v) is 9.71. The van der Waals surface area contributed by atoms with Crippen LogP contribution in [0.5, 0.6) is 0 Å². The zero-order chi connectivity index (χ0) is 23.8. The lowest BCUT2D eigenvalue weighted by Gasteiger charge is -2.20. The Bertz CT molecular complexity index is 1240. The Morgan fingerprint density at radius 1 is 1.18 bits per heavy atom. The zero-order valence-corrected chi connectivity index (χ0v) is 16.9. The van der Waals surface area contributed by atoms with Crippen LogP contribution in [0.25, 0.3) is 22.6 Å². The van der Waals surface area contributed by atoms with Crippen molar-refractivity contribution in [3.63, 3.8) is 0 Å². The van der Waals surface area contributed by atoms with Gasteiger partial charge in [-0.25, -0.2) is 13.8 Å². The summed E-state index contributed by atoms with van der Waals surface area (Å²) in [5.74, 6) is -4.14. The van der Waals surface area contributed by atoms with Gasteiger partial charge in [-0.05, 0) is 52.6 Å². The van der Waals surface area contributed by atoms with Gasteiger partial charge < -0.3 is 10.6 Å². The van der Waals surface area contributed by atoms with E-state index in [1.165, 1.54) is 24.4 Å². The molecule has 13 heteroatoms. The van der Waals surface area contributed by atoms with Crippen LogP contribution < -0.4 is 5.73 Å². The highest BCUT2D eigenvalue weighted by Crippen LogP contribution is 2.31. The van der Waals surface area contributed by atoms with E-state index in [0.717, 1.165) is 15.6 Å². The molecule has 8 nitrogen and oxygen atoms in total. The number of anilines is 1. The fourth-order valence-corrected chi connectivity index (χ4v) is 3.50. The molecule has 0 radical (unpaired) electrons. The maximum Gasteiger partial charge on any atom is 0.471 e. The number of hydrogen-bond acceptors (Lipinski definition) is 6. The molecule has 0 saturated carbocycles. The molecule has 1 amide bonds. The highest BCUT2D eigenvalue weighted by atomic mass is 19.4. The molecule has 1 aliphatic rings. The number of alkyl halides is 3. The molecule has 0 atom stereocenters. The summed E-state index contributed by atoms with van der Waals surface area (Å²) in [5, 5.41) is 11.1. The monoisotopic (exact) mass is 465 g/mol. The molecule has 33 heavy (non-hydrogen) atoms. The van der Waals surface area contributed by atoms with Crippen molar-refractivity contribution >= 4 is 17.3 Å². The second kappa shape index (κ2) is 8.56. The van der Waals surface area contributed by atoms with E-state index in [2.05, 4.69) is 20.5 Å². The number of rotatable bonds is 3. The first kappa shape index (κ1) is 22.3. The van der Waals surface area contributed by atoms with E-state index in [-0.39, 0.29) is 36.0 Å². The molecule has 0 unspecified atom stereocenters. The van der Waals surface area contributed by atoms with Crippen molar-refractivity contribution in [2.75, 3.05) is 18.8 Å². The van der Waals surface area contributed by atoms with E-state index in [9.17, 15) is 26.7 Å². The molecule has 0 fully saturated rings. The highest BCUT2D eigenvalue weighted by molar-refractivity contribution is 5.83. The molecular formula is C20H16F5N7O. The van der Waals surface area contributed by atoms with E-state index < -0.39 is 23.7 Å². The number of carbonyl (C=O) groups is 1. The summed E-state index contributed by atoms with van der Waals surface area (Å²) < 4.78 is 67.3. The Kier molecular flexibility index (Phi) is 5.78. The standard InChI is InChI=1S/C20H16F5N7O/c21-14-4-1-5-15(16(14)22)32-18(28-29-30-32)13-9-12(10-27-17(13)26)11-3-2-7-31(8-6-11)19(33)20(23,24)25/h1,4-6,9-10H,2-3,7-8H2,(H2,26,27). The fourth-order valence-electron chi connectivity index (χ4n) is 3.50. The molecule has 4 rings (SSSR count). The smallest absolute Gasteiger partial charge is 0.383 e. The van der Waals surface area contributed by atoms with Gasteiger partial charge in [0.2, 0.25) is 0 Å². The summed E-state index contributed by atoms with van der Waals surface area (Å²) in [5.41, 5.74) is 7.13. The second-order valence-corrected chi connectivity index (χ2v) is 7.23. The highest BCUT2D eigenvalue weighted by Gasteiger charge is 2.42. The predicted molar refractivity (Wildman–Crippen MR) is 107 cm³/mol. The van der Waals surface area contributed by atoms with Gasteiger partial charge in [-0.3, -0.25) is 4.79 Å². The number of tetrazole rings is 1. The second-order valence-electron chi connectivity index (χ2n) is 7.23. The first-order chi connectivity index (χ1) is 15.7. The fraction of sp³-hybridized carbons (Fsp3) is 0.250. The molecule has 3 heterocycles. The van der Waals surface area contributed by atoms with Crippen LogP contribution in [0, 0.1) is 11.6 Å². The van der Waals surface area contributed by atoms with Crippen LogP contribution in [0.3, 0.4) is 0 Å². The Morgan fingerprint density at radius 3 is 2.73 bits per heavy atom. The molecule has 0 bridgehead atoms. The Balaban J connectivity index is 1.69. The Morgan fingerprint density at radius 2 is 1.97 bits per heavy atom. The van der Waals surface area contributed by atoms with E-state index in [4.69, 9.17) is 5.73 Å². The van der Waals surface area contributed by atoms with Crippen LogP contribution >= 0.6 is 0 Å². The normalized spacial score (nSPS) is 14.7. The predicted octanol–water partition coefficient (Wildman–Crippen LogP) is 3.15. The lowest BCUT2D eigenvalue weighted by atomic mass is 10.0. The van der Waals surface area contributed by atoms with Crippen LogP contribution in [0.4, 0.5) is 27.8 Å². The summed E-state index contributed by atoms with van der Waals surface area (Å²) in [6.45, 7) is -0.273. The quantitative estimate of drug-likeness (QED) is 0.597. The van der Waals surface area contributed by atoms with Gasteiger partial charge in [0.05, 0.1) is 5.56 Å². The van der Waals surface area contributed by atoms with Crippen LogP contribution in [0.15, 0.2) is 36.5 Å². The summed E-state index contributed by atoms with van der Waals surface area (Å²) in [6.07, 6.45) is -1.31. The van der Waals surface area contributed by atoms with Gasteiger partial charge in [0.1, 0.15) is 11.5 Å². The molecule has 172 valence electrons. The van der Waals surface area contributed by atoms with Gasteiger partial charge in [0.15, 0.2) is 17.5 Å². The van der Waals surface area contributed by atoms with Crippen LogP contribution in [0.2, 0.25) is 0 Å². The number of benzene rings is 1. The maximum absolute atomic E-state index is 14.3. The number of halogens is 5.